The van der Waals surface area contributed by atoms with Gasteiger partial charge in [0.25, 0.3) is 0 Å². The molecule has 1 aliphatic heterocycles. The number of piperazine rings is 1. The number of rotatable bonds is 10. The molecular formula is C22H35N3O3. The molecule has 0 aromatic heterocycles. The molecule has 1 fully saturated rings. The number of methoxy groups -OCH3 is 2. The minimum Gasteiger partial charge on any atom is -0.493 e. The first-order chi connectivity index (χ1) is 13.5. The summed E-state index contributed by atoms with van der Waals surface area (Å²) < 4.78 is 10.8. The van der Waals surface area contributed by atoms with E-state index < -0.39 is 5.41 Å². The number of aliphatic hydroxyl groups is 1. The summed E-state index contributed by atoms with van der Waals surface area (Å²) in [4.78, 5) is 4.76. The first kappa shape index (κ1) is 22.5. The molecule has 0 spiro atoms. The number of hydrogen-bond donors (Lipinski definition) is 1. The van der Waals surface area contributed by atoms with Crippen LogP contribution in [0.1, 0.15) is 32.3 Å². The third kappa shape index (κ3) is 5.16. The van der Waals surface area contributed by atoms with E-state index in [0.29, 0.717) is 11.5 Å². The minimum absolute atomic E-state index is 0.192. The zero-order chi connectivity index (χ0) is 20.6. The van der Waals surface area contributed by atoms with Gasteiger partial charge in [-0.3, -0.25) is 4.90 Å². The van der Waals surface area contributed by atoms with Crippen molar-refractivity contribution >= 4 is 0 Å². The SMILES string of the molecule is COc1ccc(C(C#N)(CCCN2CCN(CCO)CC2)C(C)C)cc1OC. The molecule has 1 atom stereocenters. The van der Waals surface area contributed by atoms with Crippen molar-refractivity contribution in [2.45, 2.75) is 32.1 Å². The summed E-state index contributed by atoms with van der Waals surface area (Å²) in [5.41, 5.74) is 0.452. The predicted octanol–water partition coefficient (Wildman–Crippen LogP) is 2.51. The van der Waals surface area contributed by atoms with Crippen LogP contribution in [0.2, 0.25) is 0 Å². The van der Waals surface area contributed by atoms with Crippen molar-refractivity contribution < 1.29 is 14.6 Å². The van der Waals surface area contributed by atoms with E-state index in [0.717, 1.165) is 57.7 Å². The summed E-state index contributed by atoms with van der Waals surface area (Å²) >= 11 is 0. The second-order valence-corrected chi connectivity index (χ2v) is 7.82. The van der Waals surface area contributed by atoms with E-state index in [1.54, 1.807) is 14.2 Å². The lowest BCUT2D eigenvalue weighted by Crippen LogP contribution is -2.47. The standard InChI is InChI=1S/C22H35N3O3/c1-18(2)22(17-23,19-6-7-20(27-3)21(16-19)28-4)8-5-9-24-10-12-25(13-11-24)14-15-26/h6-7,16,18,26H,5,8-15H2,1-4H3. The van der Waals surface area contributed by atoms with E-state index in [2.05, 4.69) is 29.7 Å². The number of benzene rings is 1. The van der Waals surface area contributed by atoms with Gasteiger partial charge in [-0.05, 0) is 43.0 Å². The van der Waals surface area contributed by atoms with Crippen LogP contribution in [0, 0.1) is 17.2 Å². The van der Waals surface area contributed by atoms with Gasteiger partial charge in [0.15, 0.2) is 11.5 Å². The van der Waals surface area contributed by atoms with Crippen LogP contribution in [-0.2, 0) is 5.41 Å². The van der Waals surface area contributed by atoms with Crippen LogP contribution < -0.4 is 9.47 Å². The molecule has 2 rings (SSSR count). The number of aliphatic hydroxyl groups excluding tert-OH is 1. The number of nitriles is 1. The maximum Gasteiger partial charge on any atom is 0.161 e. The van der Waals surface area contributed by atoms with Gasteiger partial charge in [0.05, 0.1) is 32.3 Å². The van der Waals surface area contributed by atoms with Gasteiger partial charge in [-0.15, -0.1) is 0 Å². The molecule has 1 aromatic rings. The Kier molecular flexibility index (Phi) is 8.56. The molecular weight excluding hydrogens is 354 g/mol. The third-order valence-electron chi connectivity index (χ3n) is 6.01. The Balaban J connectivity index is 2.05. The van der Waals surface area contributed by atoms with Crippen molar-refractivity contribution in [2.24, 2.45) is 5.92 Å². The van der Waals surface area contributed by atoms with Crippen LogP contribution in [0.4, 0.5) is 0 Å². The molecule has 0 aliphatic carbocycles. The Labute approximate surface area is 169 Å². The molecule has 1 saturated heterocycles. The highest BCUT2D eigenvalue weighted by molar-refractivity contribution is 5.47. The Morgan fingerprint density at radius 1 is 1.07 bits per heavy atom. The molecule has 6 heteroatoms. The van der Waals surface area contributed by atoms with Gasteiger partial charge in [0, 0.05) is 32.7 Å². The summed E-state index contributed by atoms with van der Waals surface area (Å²) in [5.74, 6) is 1.54. The van der Waals surface area contributed by atoms with Crippen molar-refractivity contribution in [2.75, 3.05) is 60.1 Å². The molecule has 0 bridgehead atoms. The van der Waals surface area contributed by atoms with E-state index in [4.69, 9.17) is 14.6 Å². The maximum absolute atomic E-state index is 10.2. The molecule has 1 heterocycles. The monoisotopic (exact) mass is 389 g/mol. The Bertz CT molecular complexity index is 651. The smallest absolute Gasteiger partial charge is 0.161 e. The lowest BCUT2D eigenvalue weighted by Gasteiger charge is -2.36. The largest absolute Gasteiger partial charge is 0.493 e. The molecule has 0 saturated carbocycles. The summed E-state index contributed by atoms with van der Waals surface area (Å²) in [6.45, 7) is 10.3. The topological polar surface area (TPSA) is 69.0 Å². The second kappa shape index (κ2) is 10.7. The zero-order valence-corrected chi connectivity index (χ0v) is 17.8. The van der Waals surface area contributed by atoms with Crippen LogP contribution in [0.3, 0.4) is 0 Å². The van der Waals surface area contributed by atoms with Crippen molar-refractivity contribution in [1.29, 1.82) is 5.26 Å². The quantitative estimate of drug-likeness (QED) is 0.663. The maximum atomic E-state index is 10.2. The Morgan fingerprint density at radius 3 is 2.18 bits per heavy atom. The van der Waals surface area contributed by atoms with Crippen molar-refractivity contribution in [3.63, 3.8) is 0 Å². The van der Waals surface area contributed by atoms with E-state index in [-0.39, 0.29) is 12.5 Å². The average Bonchev–Trinajstić information content (AvgIpc) is 2.72. The van der Waals surface area contributed by atoms with Gasteiger partial charge in [-0.2, -0.15) is 5.26 Å². The fraction of sp³-hybridized carbons (Fsp3) is 0.682. The summed E-state index contributed by atoms with van der Waals surface area (Å²) in [6, 6.07) is 8.47. The lowest BCUT2D eigenvalue weighted by molar-refractivity contribution is 0.110. The molecule has 1 aliphatic rings. The van der Waals surface area contributed by atoms with Gasteiger partial charge >= 0.3 is 0 Å². The lowest BCUT2D eigenvalue weighted by atomic mass is 9.69. The first-order valence-corrected chi connectivity index (χ1v) is 10.2. The highest BCUT2D eigenvalue weighted by Crippen LogP contribution is 2.40. The Morgan fingerprint density at radius 2 is 1.68 bits per heavy atom. The number of nitrogens with zero attached hydrogens (tertiary/aromatic N) is 3. The van der Waals surface area contributed by atoms with Crippen molar-refractivity contribution in [1.82, 2.24) is 9.80 Å². The summed E-state index contributed by atoms with van der Waals surface area (Å²) in [7, 11) is 3.25. The van der Waals surface area contributed by atoms with Gasteiger partial charge in [-0.25, -0.2) is 0 Å². The van der Waals surface area contributed by atoms with E-state index in [1.165, 1.54) is 0 Å². The summed E-state index contributed by atoms with van der Waals surface area (Å²) in [5, 5.41) is 19.2. The zero-order valence-electron chi connectivity index (χ0n) is 17.8. The van der Waals surface area contributed by atoms with Gasteiger partial charge in [0.1, 0.15) is 0 Å². The second-order valence-electron chi connectivity index (χ2n) is 7.82. The fourth-order valence-electron chi connectivity index (χ4n) is 4.09. The van der Waals surface area contributed by atoms with Crippen LogP contribution in [0.15, 0.2) is 18.2 Å². The number of β-amino-alcohol motifs (C(OH)–C–C–N with tert-alkyl or cyclic N) is 1. The van der Waals surface area contributed by atoms with Crippen LogP contribution in [0.25, 0.3) is 0 Å². The molecule has 156 valence electrons. The summed E-state index contributed by atoms with van der Waals surface area (Å²) in [6.07, 6.45) is 1.79. The minimum atomic E-state index is -0.543. The first-order valence-electron chi connectivity index (χ1n) is 10.2. The van der Waals surface area contributed by atoms with E-state index >= 15 is 0 Å². The highest BCUT2D eigenvalue weighted by Gasteiger charge is 2.36. The molecule has 28 heavy (non-hydrogen) atoms. The average molecular weight is 390 g/mol. The van der Waals surface area contributed by atoms with Crippen LogP contribution in [-0.4, -0.2) is 75.0 Å². The van der Waals surface area contributed by atoms with E-state index in [9.17, 15) is 5.26 Å². The number of ether oxygens (including phenoxy) is 2. The van der Waals surface area contributed by atoms with Crippen molar-refractivity contribution in [3.05, 3.63) is 23.8 Å². The van der Waals surface area contributed by atoms with E-state index in [1.807, 2.05) is 18.2 Å². The normalized spacial score (nSPS) is 17.9. The van der Waals surface area contributed by atoms with Gasteiger partial charge < -0.3 is 19.5 Å². The predicted molar refractivity (Wildman–Crippen MR) is 111 cm³/mol. The molecule has 0 amide bonds. The van der Waals surface area contributed by atoms with Gasteiger partial charge in [0.2, 0.25) is 0 Å². The molecule has 1 aromatic carbocycles. The fourth-order valence-corrected chi connectivity index (χ4v) is 4.09. The van der Waals surface area contributed by atoms with Gasteiger partial charge in [-0.1, -0.05) is 19.9 Å². The van der Waals surface area contributed by atoms with Crippen LogP contribution >= 0.6 is 0 Å². The number of hydrogen-bond acceptors (Lipinski definition) is 6. The molecule has 0 radical (unpaired) electrons. The third-order valence-corrected chi connectivity index (χ3v) is 6.01. The highest BCUT2D eigenvalue weighted by atomic mass is 16.5. The molecule has 1 N–H and O–H groups in total. The molecule has 6 nitrogen and oxygen atoms in total. The van der Waals surface area contributed by atoms with Crippen molar-refractivity contribution in [3.8, 4) is 17.6 Å². The molecule has 1 unspecified atom stereocenters. The Hall–Kier alpha value is -1.81. The van der Waals surface area contributed by atoms with Crippen LogP contribution in [0.5, 0.6) is 11.5 Å².